The lowest BCUT2D eigenvalue weighted by Crippen LogP contribution is -2.24. The Labute approximate surface area is 123 Å². The standard InChI is InChI=1S/C17H18FNO2/c1-3-8-19-17(21)13-7-5-4-6-12(13)14-9-11(2)16(20)10-15(14)18/h4-7,9-10,20H,3,8H2,1-2H3,(H,19,21). The van der Waals surface area contributed by atoms with Gasteiger partial charge in [0.1, 0.15) is 11.6 Å². The van der Waals surface area contributed by atoms with Crippen molar-refractivity contribution in [1.82, 2.24) is 5.32 Å². The lowest BCUT2D eigenvalue weighted by atomic mass is 9.97. The van der Waals surface area contributed by atoms with Gasteiger partial charge in [0, 0.05) is 23.7 Å². The van der Waals surface area contributed by atoms with E-state index in [2.05, 4.69) is 5.32 Å². The summed E-state index contributed by atoms with van der Waals surface area (Å²) >= 11 is 0. The molecule has 0 heterocycles. The van der Waals surface area contributed by atoms with Crippen molar-refractivity contribution >= 4 is 5.91 Å². The topological polar surface area (TPSA) is 49.3 Å². The number of phenols is 1. The van der Waals surface area contributed by atoms with Gasteiger partial charge in [0.05, 0.1) is 0 Å². The highest BCUT2D eigenvalue weighted by Crippen LogP contribution is 2.31. The van der Waals surface area contributed by atoms with Crippen LogP contribution in [0, 0.1) is 12.7 Å². The number of hydrogen-bond donors (Lipinski definition) is 2. The molecule has 0 radical (unpaired) electrons. The zero-order valence-electron chi connectivity index (χ0n) is 12.1. The van der Waals surface area contributed by atoms with E-state index in [1.54, 1.807) is 37.3 Å². The summed E-state index contributed by atoms with van der Waals surface area (Å²) in [5.41, 5.74) is 1.82. The van der Waals surface area contributed by atoms with Crippen molar-refractivity contribution in [2.75, 3.05) is 6.54 Å². The highest BCUT2D eigenvalue weighted by molar-refractivity contribution is 6.01. The number of aryl methyl sites for hydroxylation is 1. The number of rotatable bonds is 4. The quantitative estimate of drug-likeness (QED) is 0.902. The van der Waals surface area contributed by atoms with Crippen LogP contribution in [-0.4, -0.2) is 17.6 Å². The first-order valence-corrected chi connectivity index (χ1v) is 6.91. The normalized spacial score (nSPS) is 10.4. The number of carbonyl (C=O) groups is 1. The molecule has 3 nitrogen and oxygen atoms in total. The van der Waals surface area contributed by atoms with E-state index < -0.39 is 5.82 Å². The second kappa shape index (κ2) is 6.39. The molecule has 1 amide bonds. The van der Waals surface area contributed by atoms with Crippen molar-refractivity contribution in [3.05, 3.63) is 53.3 Å². The summed E-state index contributed by atoms with van der Waals surface area (Å²) in [5.74, 6) is -0.865. The molecule has 0 aromatic heterocycles. The van der Waals surface area contributed by atoms with Gasteiger partial charge in [-0.1, -0.05) is 25.1 Å². The molecule has 0 aliphatic carbocycles. The number of aromatic hydroxyl groups is 1. The molecule has 2 rings (SSSR count). The number of halogens is 1. The van der Waals surface area contributed by atoms with Crippen LogP contribution in [0.1, 0.15) is 29.3 Å². The van der Waals surface area contributed by atoms with Gasteiger partial charge in [-0.15, -0.1) is 0 Å². The van der Waals surface area contributed by atoms with E-state index in [4.69, 9.17) is 0 Å². The number of hydrogen-bond acceptors (Lipinski definition) is 2. The van der Waals surface area contributed by atoms with Crippen molar-refractivity contribution < 1.29 is 14.3 Å². The molecule has 110 valence electrons. The third-order valence-corrected chi connectivity index (χ3v) is 3.28. The number of amides is 1. The smallest absolute Gasteiger partial charge is 0.251 e. The molecule has 4 heteroatoms. The fourth-order valence-electron chi connectivity index (χ4n) is 2.13. The lowest BCUT2D eigenvalue weighted by molar-refractivity contribution is 0.0954. The van der Waals surface area contributed by atoms with Gasteiger partial charge in [0.15, 0.2) is 0 Å². The van der Waals surface area contributed by atoms with Gasteiger partial charge < -0.3 is 10.4 Å². The average Bonchev–Trinajstić information content (AvgIpc) is 2.48. The highest BCUT2D eigenvalue weighted by Gasteiger charge is 2.16. The molecule has 0 unspecified atom stereocenters. The van der Waals surface area contributed by atoms with Crippen molar-refractivity contribution in [2.45, 2.75) is 20.3 Å². The van der Waals surface area contributed by atoms with Crippen LogP contribution in [0.25, 0.3) is 11.1 Å². The maximum atomic E-state index is 14.1. The number of nitrogens with one attached hydrogen (secondary N) is 1. The summed E-state index contributed by atoms with van der Waals surface area (Å²) < 4.78 is 14.1. The van der Waals surface area contributed by atoms with Gasteiger partial charge in [0.25, 0.3) is 5.91 Å². The van der Waals surface area contributed by atoms with Crippen molar-refractivity contribution in [3.8, 4) is 16.9 Å². The zero-order chi connectivity index (χ0) is 15.4. The Morgan fingerprint density at radius 3 is 2.67 bits per heavy atom. The maximum absolute atomic E-state index is 14.1. The molecule has 0 saturated heterocycles. The average molecular weight is 287 g/mol. The molecule has 0 saturated carbocycles. The van der Waals surface area contributed by atoms with Crippen molar-refractivity contribution in [1.29, 1.82) is 0 Å². The minimum absolute atomic E-state index is 0.0934. The van der Waals surface area contributed by atoms with Crippen LogP contribution in [0.3, 0.4) is 0 Å². The molecular formula is C17H18FNO2. The molecule has 2 aromatic carbocycles. The molecule has 0 bridgehead atoms. The van der Waals surface area contributed by atoms with Crippen LogP contribution < -0.4 is 5.32 Å². The monoisotopic (exact) mass is 287 g/mol. The Kier molecular flexibility index (Phi) is 4.58. The fraction of sp³-hybridized carbons (Fsp3) is 0.235. The van der Waals surface area contributed by atoms with Gasteiger partial charge in [0.2, 0.25) is 0 Å². The Morgan fingerprint density at radius 2 is 1.95 bits per heavy atom. The summed E-state index contributed by atoms with van der Waals surface area (Å²) in [6.45, 7) is 4.23. The largest absolute Gasteiger partial charge is 0.508 e. The van der Waals surface area contributed by atoms with Crippen LogP contribution in [0.5, 0.6) is 5.75 Å². The van der Waals surface area contributed by atoms with E-state index in [0.29, 0.717) is 28.8 Å². The second-order valence-electron chi connectivity index (χ2n) is 4.92. The molecule has 2 aromatic rings. The molecule has 0 atom stereocenters. The Hall–Kier alpha value is -2.36. The van der Waals surface area contributed by atoms with E-state index >= 15 is 0 Å². The Morgan fingerprint density at radius 1 is 1.24 bits per heavy atom. The summed E-state index contributed by atoms with van der Waals surface area (Å²) in [7, 11) is 0. The van der Waals surface area contributed by atoms with E-state index in [-0.39, 0.29) is 11.7 Å². The summed E-state index contributed by atoms with van der Waals surface area (Å²) in [6.07, 6.45) is 0.834. The zero-order valence-corrected chi connectivity index (χ0v) is 12.1. The third-order valence-electron chi connectivity index (χ3n) is 3.28. The number of phenolic OH excluding ortho intramolecular Hbond substituents is 1. The van der Waals surface area contributed by atoms with Gasteiger partial charge in [-0.3, -0.25) is 4.79 Å². The predicted molar refractivity (Wildman–Crippen MR) is 80.9 cm³/mol. The molecule has 0 spiro atoms. The summed E-state index contributed by atoms with van der Waals surface area (Å²) in [5, 5.41) is 12.3. The van der Waals surface area contributed by atoms with Gasteiger partial charge >= 0.3 is 0 Å². The lowest BCUT2D eigenvalue weighted by Gasteiger charge is -2.12. The second-order valence-corrected chi connectivity index (χ2v) is 4.92. The van der Waals surface area contributed by atoms with Crippen LogP contribution in [0.4, 0.5) is 4.39 Å². The van der Waals surface area contributed by atoms with Crippen molar-refractivity contribution in [2.24, 2.45) is 0 Å². The summed E-state index contributed by atoms with van der Waals surface area (Å²) in [4.78, 5) is 12.2. The first-order chi connectivity index (χ1) is 10.0. The van der Waals surface area contributed by atoms with Gasteiger partial charge in [-0.2, -0.15) is 0 Å². The van der Waals surface area contributed by atoms with E-state index in [0.717, 1.165) is 12.5 Å². The van der Waals surface area contributed by atoms with Crippen molar-refractivity contribution in [3.63, 3.8) is 0 Å². The molecule has 0 fully saturated rings. The molecule has 0 aliphatic heterocycles. The minimum atomic E-state index is -0.547. The summed E-state index contributed by atoms with van der Waals surface area (Å²) in [6, 6.07) is 9.50. The van der Waals surface area contributed by atoms with Gasteiger partial charge in [-0.25, -0.2) is 4.39 Å². The SMILES string of the molecule is CCCNC(=O)c1ccccc1-c1cc(C)c(O)cc1F. The van der Waals surface area contributed by atoms with Crippen LogP contribution in [-0.2, 0) is 0 Å². The number of benzene rings is 2. The molecular weight excluding hydrogens is 269 g/mol. The van der Waals surface area contributed by atoms with E-state index in [1.807, 2.05) is 6.92 Å². The predicted octanol–water partition coefficient (Wildman–Crippen LogP) is 3.65. The fourth-order valence-corrected chi connectivity index (χ4v) is 2.13. The Bertz CT molecular complexity index is 668. The highest BCUT2D eigenvalue weighted by atomic mass is 19.1. The van der Waals surface area contributed by atoms with E-state index in [9.17, 15) is 14.3 Å². The first kappa shape index (κ1) is 15.0. The third kappa shape index (κ3) is 3.21. The molecule has 21 heavy (non-hydrogen) atoms. The molecule has 2 N–H and O–H groups in total. The number of carbonyl (C=O) groups excluding carboxylic acids is 1. The maximum Gasteiger partial charge on any atom is 0.251 e. The van der Waals surface area contributed by atoms with E-state index in [1.165, 1.54) is 0 Å². The molecule has 0 aliphatic rings. The van der Waals surface area contributed by atoms with Crippen LogP contribution in [0.2, 0.25) is 0 Å². The van der Waals surface area contributed by atoms with Crippen LogP contribution >= 0.6 is 0 Å². The van der Waals surface area contributed by atoms with Crippen LogP contribution in [0.15, 0.2) is 36.4 Å². The minimum Gasteiger partial charge on any atom is -0.508 e. The first-order valence-electron chi connectivity index (χ1n) is 6.91. The van der Waals surface area contributed by atoms with Gasteiger partial charge in [-0.05, 0) is 36.6 Å². The Balaban J connectivity index is 2.50.